The molecule has 408 valence electrons. The molecule has 0 aliphatic carbocycles. The van der Waals surface area contributed by atoms with Crippen LogP contribution in [0.1, 0.15) is 290 Å². The number of carbonyl (C=O) groups is 1. The lowest BCUT2D eigenvalue weighted by molar-refractivity contribution is -0.123. The van der Waals surface area contributed by atoms with Gasteiger partial charge in [0.05, 0.1) is 18.8 Å². The number of unbranched alkanes of at least 4 members (excludes halogenated alkanes) is 32. The van der Waals surface area contributed by atoms with Gasteiger partial charge < -0.3 is 15.5 Å². The molecule has 0 spiro atoms. The second-order valence-corrected chi connectivity index (χ2v) is 20.4. The van der Waals surface area contributed by atoms with Crippen LogP contribution >= 0.6 is 0 Å². The number of hydrogen-bond acceptors (Lipinski definition) is 3. The van der Waals surface area contributed by atoms with E-state index in [1.54, 1.807) is 6.08 Å². The van der Waals surface area contributed by atoms with E-state index in [1.165, 1.54) is 180 Å². The van der Waals surface area contributed by atoms with Gasteiger partial charge in [-0.2, -0.15) is 0 Å². The minimum absolute atomic E-state index is 0.0741. The summed E-state index contributed by atoms with van der Waals surface area (Å²) in [5, 5.41) is 23.2. The fraction of sp³-hybridized carbons (Fsp3) is 0.716. The number of allylic oxidation sites excluding steroid dienone is 17. The summed E-state index contributed by atoms with van der Waals surface area (Å²) >= 11 is 0. The van der Waals surface area contributed by atoms with Crippen molar-refractivity contribution in [2.75, 3.05) is 6.61 Å². The fourth-order valence-electron chi connectivity index (χ4n) is 8.90. The molecule has 0 aromatic rings. The first-order valence-corrected chi connectivity index (χ1v) is 30.6. The predicted octanol–water partition coefficient (Wildman–Crippen LogP) is 20.6. The van der Waals surface area contributed by atoms with Gasteiger partial charge in [-0.1, -0.05) is 309 Å². The van der Waals surface area contributed by atoms with E-state index in [1.807, 2.05) is 6.08 Å². The van der Waals surface area contributed by atoms with Gasteiger partial charge in [0.1, 0.15) is 0 Å². The van der Waals surface area contributed by atoms with E-state index < -0.39 is 12.1 Å². The lowest BCUT2D eigenvalue weighted by atomic mass is 10.0. The van der Waals surface area contributed by atoms with Gasteiger partial charge in [0.15, 0.2) is 0 Å². The largest absolute Gasteiger partial charge is 0.394 e. The number of hydrogen-bond donors (Lipinski definition) is 3. The zero-order valence-electron chi connectivity index (χ0n) is 47.0. The van der Waals surface area contributed by atoms with Crippen molar-refractivity contribution in [2.24, 2.45) is 0 Å². The maximum atomic E-state index is 12.5. The van der Waals surface area contributed by atoms with E-state index in [-0.39, 0.29) is 12.5 Å². The van der Waals surface area contributed by atoms with Crippen LogP contribution in [0.25, 0.3) is 0 Å². The highest BCUT2D eigenvalue weighted by molar-refractivity contribution is 5.76. The smallest absolute Gasteiger partial charge is 0.220 e. The number of aliphatic hydroxyl groups is 2. The number of carbonyl (C=O) groups excluding carboxylic acids is 1. The van der Waals surface area contributed by atoms with Crippen molar-refractivity contribution in [3.8, 4) is 0 Å². The van der Waals surface area contributed by atoms with E-state index in [9.17, 15) is 15.0 Å². The van der Waals surface area contributed by atoms with Crippen LogP contribution in [-0.2, 0) is 4.79 Å². The van der Waals surface area contributed by atoms with Gasteiger partial charge in [-0.3, -0.25) is 4.79 Å². The van der Waals surface area contributed by atoms with Gasteiger partial charge >= 0.3 is 0 Å². The molecular weight excluding hydrogens is 867 g/mol. The summed E-state index contributed by atoms with van der Waals surface area (Å²) < 4.78 is 0. The molecule has 0 fully saturated rings. The third kappa shape index (κ3) is 57.8. The molecule has 71 heavy (non-hydrogen) atoms. The Kier molecular flexibility index (Phi) is 58.8. The maximum absolute atomic E-state index is 12.5. The van der Waals surface area contributed by atoms with Crippen molar-refractivity contribution < 1.29 is 15.0 Å². The molecule has 3 N–H and O–H groups in total. The van der Waals surface area contributed by atoms with Crippen molar-refractivity contribution in [1.29, 1.82) is 0 Å². The van der Waals surface area contributed by atoms with Crippen LogP contribution < -0.4 is 5.32 Å². The molecule has 1 amide bonds. The maximum Gasteiger partial charge on any atom is 0.220 e. The zero-order chi connectivity index (χ0) is 51.3. The van der Waals surface area contributed by atoms with Crippen molar-refractivity contribution in [2.45, 2.75) is 302 Å². The van der Waals surface area contributed by atoms with E-state index in [2.05, 4.69) is 116 Å². The number of amides is 1. The van der Waals surface area contributed by atoms with E-state index in [4.69, 9.17) is 0 Å². The molecule has 4 nitrogen and oxygen atoms in total. The molecule has 0 heterocycles. The Morgan fingerprint density at radius 2 is 0.620 bits per heavy atom. The van der Waals surface area contributed by atoms with Crippen LogP contribution in [0.5, 0.6) is 0 Å². The third-order valence-corrected chi connectivity index (χ3v) is 13.5. The molecule has 0 radical (unpaired) electrons. The van der Waals surface area contributed by atoms with Crippen LogP contribution in [0.2, 0.25) is 0 Å². The monoisotopic (exact) mass is 984 g/mol. The Balaban J connectivity index is 3.58. The summed E-state index contributed by atoms with van der Waals surface area (Å²) in [5.41, 5.74) is 0. The van der Waals surface area contributed by atoms with Crippen molar-refractivity contribution in [3.63, 3.8) is 0 Å². The lowest BCUT2D eigenvalue weighted by Crippen LogP contribution is -2.45. The standard InChI is InChI=1S/C67H117NO3/c1-3-5-7-9-11-13-15-17-19-21-23-25-27-29-31-32-33-34-35-36-37-39-41-43-45-47-49-51-53-55-57-59-61-63-67(71)68-65(64-69)66(70)62-60-58-56-54-52-50-48-46-44-42-40-38-30-28-26-24-22-20-18-16-14-12-10-8-6-4-2/h5,7,11,13,17,19,23,25,29,31,33-34,36-37,41,43,60,62,65-66,69-70H,3-4,6,8-10,12,14-16,18,20-22,24,26-28,30,32,35,38-40,42,44-59,61,63-64H2,1-2H3,(H,68,71)/b7-5-,13-11-,19-17-,25-23-,31-29-,34-33-,37-36-,43-41-,62-60+. The first-order valence-electron chi connectivity index (χ1n) is 30.6. The topological polar surface area (TPSA) is 69.6 Å². The Labute approximate surface area is 442 Å². The molecule has 0 saturated heterocycles. The van der Waals surface area contributed by atoms with Gasteiger partial charge in [-0.25, -0.2) is 0 Å². The molecule has 0 saturated carbocycles. The van der Waals surface area contributed by atoms with Crippen LogP contribution in [0, 0.1) is 0 Å². The van der Waals surface area contributed by atoms with Crippen LogP contribution in [0.4, 0.5) is 0 Å². The minimum atomic E-state index is -0.852. The van der Waals surface area contributed by atoms with Crippen LogP contribution in [-0.4, -0.2) is 34.9 Å². The summed E-state index contributed by atoms with van der Waals surface area (Å²) in [7, 11) is 0. The van der Waals surface area contributed by atoms with Crippen molar-refractivity contribution >= 4 is 5.91 Å². The number of rotatable bonds is 55. The fourth-order valence-corrected chi connectivity index (χ4v) is 8.90. The average molecular weight is 985 g/mol. The molecule has 2 atom stereocenters. The molecule has 0 aromatic heterocycles. The highest BCUT2D eigenvalue weighted by Crippen LogP contribution is 2.17. The van der Waals surface area contributed by atoms with Crippen molar-refractivity contribution in [1.82, 2.24) is 5.32 Å². The molecule has 2 unspecified atom stereocenters. The molecular formula is C67H117NO3. The van der Waals surface area contributed by atoms with E-state index >= 15 is 0 Å². The average Bonchev–Trinajstić information content (AvgIpc) is 3.37. The summed E-state index contributed by atoms with van der Waals surface area (Å²) in [6, 6.07) is -0.636. The normalized spacial score (nSPS) is 13.6. The molecule has 0 bridgehead atoms. The highest BCUT2D eigenvalue weighted by atomic mass is 16.3. The lowest BCUT2D eigenvalue weighted by Gasteiger charge is -2.20. The van der Waals surface area contributed by atoms with E-state index in [0.717, 1.165) is 89.9 Å². The minimum Gasteiger partial charge on any atom is -0.394 e. The zero-order valence-corrected chi connectivity index (χ0v) is 47.0. The first-order chi connectivity index (χ1) is 35.2. The van der Waals surface area contributed by atoms with Crippen LogP contribution in [0.3, 0.4) is 0 Å². The Morgan fingerprint density at radius 1 is 0.352 bits per heavy atom. The van der Waals surface area contributed by atoms with Gasteiger partial charge in [0.25, 0.3) is 0 Å². The Hall–Kier alpha value is -2.95. The van der Waals surface area contributed by atoms with Gasteiger partial charge in [-0.15, -0.1) is 0 Å². The number of nitrogens with one attached hydrogen (secondary N) is 1. The van der Waals surface area contributed by atoms with Crippen LogP contribution in [0.15, 0.2) is 109 Å². The van der Waals surface area contributed by atoms with Gasteiger partial charge in [0.2, 0.25) is 5.91 Å². The summed E-state index contributed by atoms with van der Waals surface area (Å²) in [6.07, 6.45) is 92.6. The Bertz CT molecular complexity index is 1350. The van der Waals surface area contributed by atoms with Gasteiger partial charge in [0, 0.05) is 6.42 Å². The molecule has 4 heteroatoms. The molecule has 0 aliphatic rings. The second-order valence-electron chi connectivity index (χ2n) is 20.4. The molecule has 0 rings (SSSR count). The van der Waals surface area contributed by atoms with E-state index in [0.29, 0.717) is 6.42 Å². The van der Waals surface area contributed by atoms with Gasteiger partial charge in [-0.05, 0) is 83.5 Å². The summed E-state index contributed by atoms with van der Waals surface area (Å²) in [4.78, 5) is 12.5. The SMILES string of the molecule is CC/C=C\C/C=C\C/C=C\C/C=C\C/C=C\C/C=C\C/C=C\C/C=C\CCCCCCCCCCC(=O)NC(CO)C(O)/C=C/CCCCCCCCCCCCCCCCCCCCCCCCCC. The highest BCUT2D eigenvalue weighted by Gasteiger charge is 2.18. The predicted molar refractivity (Wildman–Crippen MR) is 317 cm³/mol. The second kappa shape index (κ2) is 61.4. The summed E-state index contributed by atoms with van der Waals surface area (Å²) in [6.45, 7) is 4.21. The first kappa shape index (κ1) is 68.0. The quantitative estimate of drug-likeness (QED) is 0.0420. The summed E-state index contributed by atoms with van der Waals surface area (Å²) in [5.74, 6) is -0.0741. The molecule has 0 aromatic carbocycles. The van der Waals surface area contributed by atoms with Crippen molar-refractivity contribution in [3.05, 3.63) is 109 Å². The third-order valence-electron chi connectivity index (χ3n) is 13.5. The molecule has 0 aliphatic heterocycles. The number of aliphatic hydroxyl groups excluding tert-OH is 2. The Morgan fingerprint density at radius 3 is 0.930 bits per heavy atom.